The van der Waals surface area contributed by atoms with Crippen LogP contribution in [0.25, 0.3) is 0 Å². The van der Waals surface area contributed by atoms with E-state index >= 15 is 0 Å². The zero-order chi connectivity index (χ0) is 21.0. The summed E-state index contributed by atoms with van der Waals surface area (Å²) in [4.78, 5) is 40.6. The number of quaternary nitrogens is 1. The molecule has 7 nitrogen and oxygen atoms in total. The zero-order valence-electron chi connectivity index (χ0n) is 17.2. The van der Waals surface area contributed by atoms with Crippen molar-refractivity contribution >= 4 is 17.7 Å². The van der Waals surface area contributed by atoms with E-state index in [2.05, 4.69) is 10.3 Å². The molecule has 1 aromatic heterocycles. The first-order valence-corrected chi connectivity index (χ1v) is 9.16. The maximum absolute atomic E-state index is 13.0. The molecule has 28 heavy (non-hydrogen) atoms. The number of rotatable bonds is 7. The Bertz CT molecular complexity index is 884. The van der Waals surface area contributed by atoms with Crippen LogP contribution < -0.4 is 10.2 Å². The molecule has 2 aromatic rings. The molecule has 0 radical (unpaired) electrons. The van der Waals surface area contributed by atoms with E-state index in [1.54, 1.807) is 33.0 Å². The van der Waals surface area contributed by atoms with E-state index in [-0.39, 0.29) is 17.7 Å². The maximum atomic E-state index is 13.0. The number of likely N-dealkylation sites (N-methyl/N-ethyl adjacent to an activating group) is 1. The molecule has 0 aliphatic heterocycles. The average molecular weight is 386 g/mol. The van der Waals surface area contributed by atoms with Crippen molar-refractivity contribution in [1.29, 1.82) is 0 Å². The molecule has 0 saturated heterocycles. The molecular weight excluding hydrogens is 358 g/mol. The van der Waals surface area contributed by atoms with Gasteiger partial charge in [0, 0.05) is 23.9 Å². The van der Waals surface area contributed by atoms with Gasteiger partial charge in [0.05, 0.1) is 25.4 Å². The van der Waals surface area contributed by atoms with Gasteiger partial charge < -0.3 is 19.9 Å². The van der Waals surface area contributed by atoms with E-state index in [4.69, 9.17) is 4.74 Å². The Balaban J connectivity index is 2.15. The Morgan fingerprint density at radius 1 is 1.18 bits per heavy atom. The van der Waals surface area contributed by atoms with E-state index in [0.717, 1.165) is 10.5 Å². The summed E-state index contributed by atoms with van der Waals surface area (Å²) in [7, 11) is 4.87. The molecule has 1 unspecified atom stereocenters. The number of amides is 1. The van der Waals surface area contributed by atoms with Gasteiger partial charge in [-0.25, -0.2) is 4.79 Å². The molecule has 0 fully saturated rings. The van der Waals surface area contributed by atoms with Crippen LogP contribution in [-0.2, 0) is 11.3 Å². The molecule has 2 rings (SSSR count). The number of esters is 1. The SMILES string of the molecule is CNC(=O)c1ccc(C[NH+](C)[C@@H](C)C(=O)c2[nH]c(C)c(C(=O)OC)c2C)cc1. The van der Waals surface area contributed by atoms with E-state index in [1.165, 1.54) is 7.11 Å². The molecule has 2 atom stereocenters. The Kier molecular flexibility index (Phi) is 6.75. The van der Waals surface area contributed by atoms with Gasteiger partial charge in [-0.1, -0.05) is 12.1 Å². The van der Waals surface area contributed by atoms with E-state index in [1.807, 2.05) is 26.1 Å². The Morgan fingerprint density at radius 2 is 1.79 bits per heavy atom. The number of benzene rings is 1. The van der Waals surface area contributed by atoms with E-state index < -0.39 is 5.97 Å². The number of Topliss-reactive ketones (excluding diaryl/α,β-unsaturated/α-hetero) is 1. The predicted molar refractivity (Wildman–Crippen MR) is 106 cm³/mol. The number of aromatic amines is 1. The lowest BCUT2D eigenvalue weighted by atomic mass is 10.0. The van der Waals surface area contributed by atoms with Crippen LogP contribution in [0.1, 0.15) is 54.9 Å². The van der Waals surface area contributed by atoms with Crippen molar-refractivity contribution in [1.82, 2.24) is 10.3 Å². The van der Waals surface area contributed by atoms with Gasteiger partial charge in [0.25, 0.3) is 5.91 Å². The van der Waals surface area contributed by atoms with Crippen molar-refractivity contribution < 1.29 is 24.0 Å². The predicted octanol–water partition coefficient (Wildman–Crippen LogP) is 1.06. The summed E-state index contributed by atoms with van der Waals surface area (Å²) in [5.74, 6) is -0.639. The third-order valence-electron chi connectivity index (χ3n) is 5.13. The van der Waals surface area contributed by atoms with Crippen molar-refractivity contribution in [2.24, 2.45) is 0 Å². The van der Waals surface area contributed by atoms with E-state index in [0.29, 0.717) is 34.6 Å². The van der Waals surface area contributed by atoms with Gasteiger partial charge >= 0.3 is 5.97 Å². The molecule has 1 amide bonds. The maximum Gasteiger partial charge on any atom is 0.339 e. The van der Waals surface area contributed by atoms with Crippen LogP contribution in [0.3, 0.4) is 0 Å². The number of carbonyl (C=O) groups is 3. The summed E-state index contributed by atoms with van der Waals surface area (Å²) in [6.07, 6.45) is 0. The highest BCUT2D eigenvalue weighted by molar-refractivity contribution is 6.03. The topological polar surface area (TPSA) is 92.7 Å². The molecule has 7 heteroatoms. The second kappa shape index (κ2) is 8.84. The highest BCUT2D eigenvalue weighted by Crippen LogP contribution is 2.19. The number of methoxy groups -OCH3 is 1. The first-order valence-electron chi connectivity index (χ1n) is 9.16. The van der Waals surface area contributed by atoms with Crippen LogP contribution in [0.5, 0.6) is 0 Å². The van der Waals surface area contributed by atoms with Crippen molar-refractivity contribution in [3.63, 3.8) is 0 Å². The van der Waals surface area contributed by atoms with Crippen LogP contribution in [0.4, 0.5) is 0 Å². The molecule has 3 N–H and O–H groups in total. The third-order valence-corrected chi connectivity index (χ3v) is 5.13. The monoisotopic (exact) mass is 386 g/mol. The van der Waals surface area contributed by atoms with Crippen LogP contribution >= 0.6 is 0 Å². The summed E-state index contributed by atoms with van der Waals surface area (Å²) in [5.41, 5.74) is 3.73. The fraction of sp³-hybridized carbons (Fsp3) is 0.381. The number of ether oxygens (including phenoxy) is 1. The minimum absolute atomic E-state index is 0.0600. The summed E-state index contributed by atoms with van der Waals surface area (Å²) in [6.45, 7) is 6.00. The van der Waals surface area contributed by atoms with Gasteiger partial charge in [-0.3, -0.25) is 9.59 Å². The van der Waals surface area contributed by atoms with Gasteiger partial charge in [-0.05, 0) is 38.5 Å². The average Bonchev–Trinajstić information content (AvgIpc) is 3.00. The second-order valence-corrected chi connectivity index (χ2v) is 7.00. The summed E-state index contributed by atoms with van der Waals surface area (Å²) in [5, 5.41) is 2.59. The van der Waals surface area contributed by atoms with Crippen molar-refractivity contribution in [2.75, 3.05) is 21.2 Å². The second-order valence-electron chi connectivity index (χ2n) is 7.00. The lowest BCUT2D eigenvalue weighted by Gasteiger charge is -2.21. The standard InChI is InChI=1S/C21H27N3O4/c1-12-17(21(27)28-6)13(2)23-18(12)19(25)14(3)24(5)11-15-7-9-16(10-8-15)20(26)22-4/h7-10,14,23H,11H2,1-6H3,(H,22,26)/p+1/t14-/m0/s1. The van der Waals surface area contributed by atoms with Gasteiger partial charge in [-0.15, -0.1) is 0 Å². The molecule has 0 bridgehead atoms. The van der Waals surface area contributed by atoms with Gasteiger partial charge in [-0.2, -0.15) is 0 Å². The normalized spacial score (nSPS) is 12.9. The fourth-order valence-electron chi connectivity index (χ4n) is 3.24. The molecular formula is C21H28N3O4+. The number of hydrogen-bond acceptors (Lipinski definition) is 4. The lowest BCUT2D eigenvalue weighted by molar-refractivity contribution is -0.907. The highest BCUT2D eigenvalue weighted by Gasteiger charge is 2.29. The summed E-state index contributed by atoms with van der Waals surface area (Å²) < 4.78 is 4.81. The number of nitrogens with one attached hydrogen (secondary N) is 3. The van der Waals surface area contributed by atoms with Crippen molar-refractivity contribution in [3.05, 3.63) is 57.9 Å². The third kappa shape index (κ3) is 4.31. The van der Waals surface area contributed by atoms with Gasteiger partial charge in [0.15, 0.2) is 6.04 Å². The van der Waals surface area contributed by atoms with Crippen molar-refractivity contribution in [3.8, 4) is 0 Å². The highest BCUT2D eigenvalue weighted by atomic mass is 16.5. The summed E-state index contributed by atoms with van der Waals surface area (Å²) in [6, 6.07) is 7.01. The van der Waals surface area contributed by atoms with Gasteiger partial charge in [0.2, 0.25) is 5.78 Å². The minimum atomic E-state index is -0.449. The number of carbonyl (C=O) groups excluding carboxylic acids is 3. The van der Waals surface area contributed by atoms with Crippen LogP contribution in [0.15, 0.2) is 24.3 Å². The molecule has 1 heterocycles. The van der Waals surface area contributed by atoms with Crippen LogP contribution in [-0.4, -0.2) is 49.9 Å². The molecule has 0 spiro atoms. The van der Waals surface area contributed by atoms with Crippen LogP contribution in [0, 0.1) is 13.8 Å². The lowest BCUT2D eigenvalue weighted by Crippen LogP contribution is -3.12. The fourth-order valence-corrected chi connectivity index (χ4v) is 3.24. The first kappa shape index (κ1) is 21.4. The molecule has 150 valence electrons. The Hall–Kier alpha value is -2.93. The molecule has 1 aromatic carbocycles. The largest absolute Gasteiger partial charge is 0.465 e. The Labute approximate surface area is 165 Å². The van der Waals surface area contributed by atoms with Crippen molar-refractivity contribution in [2.45, 2.75) is 33.4 Å². The number of hydrogen-bond donors (Lipinski definition) is 3. The molecule has 0 aliphatic carbocycles. The number of H-pyrrole nitrogens is 1. The Morgan fingerprint density at radius 3 is 2.32 bits per heavy atom. The zero-order valence-corrected chi connectivity index (χ0v) is 17.2. The number of aromatic nitrogens is 1. The smallest absolute Gasteiger partial charge is 0.339 e. The molecule has 0 aliphatic rings. The first-order chi connectivity index (χ1) is 13.2. The van der Waals surface area contributed by atoms with E-state index in [9.17, 15) is 14.4 Å². The number of aryl methyl sites for hydroxylation is 1. The summed E-state index contributed by atoms with van der Waals surface area (Å²) >= 11 is 0. The van der Waals surface area contributed by atoms with Gasteiger partial charge in [0.1, 0.15) is 6.54 Å². The molecule has 0 saturated carbocycles. The minimum Gasteiger partial charge on any atom is -0.465 e. The quantitative estimate of drug-likeness (QED) is 0.490. The van der Waals surface area contributed by atoms with Crippen LogP contribution in [0.2, 0.25) is 0 Å². The number of ketones is 1.